The van der Waals surface area contributed by atoms with Gasteiger partial charge in [0, 0.05) is 18.6 Å². The maximum absolute atomic E-state index is 6.00. The van der Waals surface area contributed by atoms with E-state index in [9.17, 15) is 0 Å². The van der Waals surface area contributed by atoms with Crippen molar-refractivity contribution in [1.29, 1.82) is 0 Å². The van der Waals surface area contributed by atoms with Crippen molar-refractivity contribution in [2.45, 2.75) is 57.7 Å². The molecule has 0 aliphatic heterocycles. The Hall–Kier alpha value is 0.1000. The van der Waals surface area contributed by atoms with Gasteiger partial charge in [0.1, 0.15) is 0 Å². The van der Waals surface area contributed by atoms with Crippen molar-refractivity contribution < 1.29 is 0 Å². The van der Waals surface area contributed by atoms with Crippen LogP contribution in [-0.4, -0.2) is 23.5 Å². The molecule has 0 atom stereocenters. The molecule has 1 heterocycles. The lowest BCUT2D eigenvalue weighted by atomic mass is 9.90. The van der Waals surface area contributed by atoms with Gasteiger partial charge in [-0.25, -0.2) is 0 Å². The van der Waals surface area contributed by atoms with Gasteiger partial charge in [0.2, 0.25) is 0 Å². The summed E-state index contributed by atoms with van der Waals surface area (Å²) in [5, 5.41) is 2.27. The Labute approximate surface area is 123 Å². The molecule has 0 saturated heterocycles. The molecule has 1 fully saturated rings. The monoisotopic (exact) mass is 330 g/mol. The molecule has 0 unspecified atom stereocenters. The summed E-state index contributed by atoms with van der Waals surface area (Å²) in [6.45, 7) is 4.56. The van der Waals surface area contributed by atoms with Crippen molar-refractivity contribution in [3.63, 3.8) is 0 Å². The van der Waals surface area contributed by atoms with Crippen molar-refractivity contribution in [3.05, 3.63) is 20.8 Å². The van der Waals surface area contributed by atoms with Crippen LogP contribution in [0, 0.1) is 0 Å². The first-order valence-corrected chi connectivity index (χ1v) is 8.59. The fraction of sp³-hybridized carbons (Fsp3) is 0.714. The molecule has 2 nitrogen and oxygen atoms in total. The predicted molar refractivity (Wildman–Crippen MR) is 83.0 cm³/mol. The molecular weight excluding hydrogens is 308 g/mol. The van der Waals surface area contributed by atoms with Crippen LogP contribution in [0.15, 0.2) is 15.2 Å². The zero-order valence-electron chi connectivity index (χ0n) is 11.1. The third kappa shape index (κ3) is 4.05. The highest BCUT2D eigenvalue weighted by atomic mass is 79.9. The summed E-state index contributed by atoms with van der Waals surface area (Å²) in [7, 11) is 0. The Morgan fingerprint density at radius 3 is 2.67 bits per heavy atom. The van der Waals surface area contributed by atoms with E-state index in [0.717, 1.165) is 12.6 Å². The first-order chi connectivity index (χ1) is 8.69. The average Bonchev–Trinajstić information content (AvgIpc) is 2.75. The van der Waals surface area contributed by atoms with Gasteiger partial charge in [0.15, 0.2) is 0 Å². The van der Waals surface area contributed by atoms with Crippen LogP contribution < -0.4 is 5.73 Å². The Morgan fingerprint density at radius 2 is 2.11 bits per heavy atom. The van der Waals surface area contributed by atoms with Gasteiger partial charge in [-0.3, -0.25) is 4.90 Å². The third-order valence-electron chi connectivity index (χ3n) is 3.78. The van der Waals surface area contributed by atoms with Crippen LogP contribution in [-0.2, 0) is 6.54 Å². The number of hydrogen-bond donors (Lipinski definition) is 1. The Kier molecular flexibility index (Phi) is 5.67. The molecule has 2 rings (SSSR count). The third-order valence-corrected chi connectivity index (χ3v) is 5.33. The van der Waals surface area contributed by atoms with Gasteiger partial charge in [0.25, 0.3) is 0 Å². The van der Waals surface area contributed by atoms with Crippen molar-refractivity contribution in [1.82, 2.24) is 4.90 Å². The lowest BCUT2D eigenvalue weighted by Crippen LogP contribution is -2.40. The van der Waals surface area contributed by atoms with Crippen molar-refractivity contribution in [2.75, 3.05) is 6.54 Å². The van der Waals surface area contributed by atoms with Gasteiger partial charge >= 0.3 is 0 Å². The molecule has 0 bridgehead atoms. The van der Waals surface area contributed by atoms with Gasteiger partial charge in [0.05, 0.1) is 3.79 Å². The van der Waals surface area contributed by atoms with Crippen LogP contribution in [0.5, 0.6) is 0 Å². The summed E-state index contributed by atoms with van der Waals surface area (Å²) in [4.78, 5) is 2.65. The maximum atomic E-state index is 6.00. The van der Waals surface area contributed by atoms with E-state index >= 15 is 0 Å². The van der Waals surface area contributed by atoms with E-state index in [1.54, 1.807) is 11.3 Å². The SMILES string of the molecule is CCCN(Cc1csc(Br)c1)C1CCC(N)CC1. The summed E-state index contributed by atoms with van der Waals surface area (Å²) in [6, 6.07) is 3.44. The van der Waals surface area contributed by atoms with Crippen molar-refractivity contribution in [3.8, 4) is 0 Å². The lowest BCUT2D eigenvalue weighted by Gasteiger charge is -2.35. The normalized spacial score (nSPS) is 24.7. The highest BCUT2D eigenvalue weighted by Crippen LogP contribution is 2.26. The first kappa shape index (κ1) is 14.5. The Morgan fingerprint density at radius 1 is 1.39 bits per heavy atom. The largest absolute Gasteiger partial charge is 0.328 e. The van der Waals surface area contributed by atoms with Crippen LogP contribution in [0.2, 0.25) is 0 Å². The number of halogens is 1. The molecular formula is C14H23BrN2S. The van der Waals surface area contributed by atoms with Gasteiger partial charge in [-0.2, -0.15) is 0 Å². The van der Waals surface area contributed by atoms with E-state index in [4.69, 9.17) is 5.73 Å². The van der Waals surface area contributed by atoms with E-state index in [1.165, 1.54) is 48.0 Å². The quantitative estimate of drug-likeness (QED) is 0.884. The minimum atomic E-state index is 0.444. The number of thiophene rings is 1. The average molecular weight is 331 g/mol. The molecule has 1 saturated carbocycles. The van der Waals surface area contributed by atoms with Crippen molar-refractivity contribution in [2.24, 2.45) is 5.73 Å². The van der Waals surface area contributed by atoms with Gasteiger partial charge in [-0.1, -0.05) is 6.92 Å². The molecule has 18 heavy (non-hydrogen) atoms. The molecule has 0 radical (unpaired) electrons. The molecule has 1 aromatic rings. The Balaban J connectivity index is 1.94. The molecule has 2 N–H and O–H groups in total. The van der Waals surface area contributed by atoms with Crippen LogP contribution >= 0.6 is 27.3 Å². The minimum Gasteiger partial charge on any atom is -0.328 e. The molecule has 0 aromatic carbocycles. The number of rotatable bonds is 5. The molecule has 4 heteroatoms. The Bertz CT molecular complexity index is 358. The van der Waals surface area contributed by atoms with E-state index in [0.29, 0.717) is 6.04 Å². The summed E-state index contributed by atoms with van der Waals surface area (Å²) in [6.07, 6.45) is 6.16. The van der Waals surface area contributed by atoms with Crippen LogP contribution in [0.25, 0.3) is 0 Å². The zero-order valence-corrected chi connectivity index (χ0v) is 13.5. The van der Waals surface area contributed by atoms with E-state index in [-0.39, 0.29) is 0 Å². The number of nitrogens with two attached hydrogens (primary N) is 1. The van der Waals surface area contributed by atoms with E-state index in [2.05, 4.69) is 39.2 Å². The summed E-state index contributed by atoms with van der Waals surface area (Å²) < 4.78 is 1.24. The van der Waals surface area contributed by atoms with Crippen LogP contribution in [0.3, 0.4) is 0 Å². The van der Waals surface area contributed by atoms with E-state index in [1.807, 2.05) is 0 Å². The summed E-state index contributed by atoms with van der Waals surface area (Å²) >= 11 is 5.33. The van der Waals surface area contributed by atoms with Gasteiger partial charge < -0.3 is 5.73 Å². The molecule has 0 amide bonds. The molecule has 1 aromatic heterocycles. The predicted octanol–water partition coefficient (Wildman–Crippen LogP) is 3.99. The van der Waals surface area contributed by atoms with Crippen molar-refractivity contribution >= 4 is 27.3 Å². The zero-order chi connectivity index (χ0) is 13.0. The second-order valence-electron chi connectivity index (χ2n) is 5.30. The standard InChI is InChI=1S/C14H23BrN2S/c1-2-7-17(9-11-8-14(15)18-10-11)13-5-3-12(16)4-6-13/h8,10,12-13H,2-7,9,16H2,1H3. The molecule has 1 aliphatic rings. The fourth-order valence-electron chi connectivity index (χ4n) is 2.81. The second kappa shape index (κ2) is 7.04. The first-order valence-electron chi connectivity index (χ1n) is 6.91. The molecule has 1 aliphatic carbocycles. The number of nitrogens with zero attached hydrogens (tertiary/aromatic N) is 1. The summed E-state index contributed by atoms with van der Waals surface area (Å²) in [5.41, 5.74) is 7.44. The highest BCUT2D eigenvalue weighted by molar-refractivity contribution is 9.11. The molecule has 0 spiro atoms. The minimum absolute atomic E-state index is 0.444. The van der Waals surface area contributed by atoms with E-state index < -0.39 is 0 Å². The maximum Gasteiger partial charge on any atom is 0.0701 e. The second-order valence-corrected chi connectivity index (χ2v) is 7.59. The van der Waals surface area contributed by atoms with Gasteiger partial charge in [-0.05, 0) is 71.6 Å². The topological polar surface area (TPSA) is 29.3 Å². The smallest absolute Gasteiger partial charge is 0.0701 e. The van der Waals surface area contributed by atoms with Crippen LogP contribution in [0.1, 0.15) is 44.6 Å². The fourth-order valence-corrected chi connectivity index (χ4v) is 4.01. The van der Waals surface area contributed by atoms with Gasteiger partial charge in [-0.15, -0.1) is 11.3 Å². The van der Waals surface area contributed by atoms with Crippen LogP contribution in [0.4, 0.5) is 0 Å². The molecule has 102 valence electrons. The lowest BCUT2D eigenvalue weighted by molar-refractivity contribution is 0.142. The highest BCUT2D eigenvalue weighted by Gasteiger charge is 2.23. The number of hydrogen-bond acceptors (Lipinski definition) is 3. The summed E-state index contributed by atoms with van der Waals surface area (Å²) in [5.74, 6) is 0.